The first-order valence-electron chi connectivity index (χ1n) is 9.97. The summed E-state index contributed by atoms with van der Waals surface area (Å²) in [5, 5.41) is 0. The number of carbonyl (C=O) groups is 2. The Morgan fingerprint density at radius 2 is 1.73 bits per heavy atom. The molecule has 0 radical (unpaired) electrons. The number of esters is 1. The van der Waals surface area contributed by atoms with E-state index in [2.05, 4.69) is 11.8 Å². The summed E-state index contributed by atoms with van der Waals surface area (Å²) in [4.78, 5) is 28.8. The third kappa shape index (κ3) is 5.16. The van der Waals surface area contributed by atoms with Gasteiger partial charge in [-0.25, -0.2) is 9.18 Å². The van der Waals surface area contributed by atoms with Gasteiger partial charge in [0.1, 0.15) is 17.1 Å². The Morgan fingerprint density at radius 1 is 1.03 bits per heavy atom. The summed E-state index contributed by atoms with van der Waals surface area (Å²) in [7, 11) is 1.30. The van der Waals surface area contributed by atoms with Gasteiger partial charge in [0.25, 0.3) is 5.91 Å². The molecule has 6 nitrogen and oxygen atoms in total. The van der Waals surface area contributed by atoms with E-state index in [4.69, 9.17) is 9.47 Å². The Bertz CT molecular complexity index is 887. The highest BCUT2D eigenvalue weighted by molar-refractivity contribution is 5.92. The monoisotopic (exact) mass is 414 g/mol. The van der Waals surface area contributed by atoms with Gasteiger partial charge < -0.3 is 14.4 Å². The molecule has 1 heterocycles. The van der Waals surface area contributed by atoms with Gasteiger partial charge >= 0.3 is 5.97 Å². The minimum atomic E-state index is -0.505. The zero-order chi connectivity index (χ0) is 21.7. The van der Waals surface area contributed by atoms with Gasteiger partial charge in [-0.1, -0.05) is 24.3 Å². The van der Waals surface area contributed by atoms with E-state index < -0.39 is 5.97 Å². The predicted molar refractivity (Wildman–Crippen MR) is 111 cm³/mol. The molecule has 0 spiro atoms. The summed E-state index contributed by atoms with van der Waals surface area (Å²) < 4.78 is 23.5. The second kappa shape index (κ2) is 9.71. The molecule has 1 amide bonds. The van der Waals surface area contributed by atoms with Gasteiger partial charge in [-0.2, -0.15) is 0 Å². The lowest BCUT2D eigenvalue weighted by molar-refractivity contribution is -0.139. The normalized spacial score (nSPS) is 19.4. The van der Waals surface area contributed by atoms with E-state index in [0.717, 1.165) is 5.56 Å². The van der Waals surface area contributed by atoms with Crippen molar-refractivity contribution in [1.29, 1.82) is 0 Å². The van der Waals surface area contributed by atoms with E-state index in [1.807, 2.05) is 11.8 Å². The van der Waals surface area contributed by atoms with Crippen LogP contribution in [0.15, 0.2) is 48.5 Å². The van der Waals surface area contributed by atoms with Crippen molar-refractivity contribution >= 4 is 11.9 Å². The Labute approximate surface area is 176 Å². The van der Waals surface area contributed by atoms with Crippen LogP contribution in [0.2, 0.25) is 0 Å². The minimum absolute atomic E-state index is 0.00796. The fourth-order valence-electron chi connectivity index (χ4n) is 3.68. The number of ether oxygens (including phenoxy) is 2. The van der Waals surface area contributed by atoms with Gasteiger partial charge in [0.2, 0.25) is 0 Å². The molecular weight excluding hydrogens is 387 g/mol. The van der Waals surface area contributed by atoms with E-state index in [9.17, 15) is 14.0 Å². The van der Waals surface area contributed by atoms with Crippen LogP contribution in [0.1, 0.15) is 29.8 Å². The number of amides is 1. The molecule has 2 aromatic rings. The van der Waals surface area contributed by atoms with Crippen molar-refractivity contribution < 1.29 is 23.5 Å². The number of hydrogen-bond donors (Lipinski definition) is 0. The maximum atomic E-state index is 13.1. The molecule has 30 heavy (non-hydrogen) atoms. The van der Waals surface area contributed by atoms with Gasteiger partial charge in [0, 0.05) is 31.7 Å². The fraction of sp³-hybridized carbons (Fsp3) is 0.391. The molecule has 1 aliphatic rings. The van der Waals surface area contributed by atoms with Gasteiger partial charge in [-0.15, -0.1) is 0 Å². The second-order valence-corrected chi connectivity index (χ2v) is 7.58. The highest BCUT2D eigenvalue weighted by Gasteiger charge is 2.32. The highest BCUT2D eigenvalue weighted by Crippen LogP contribution is 2.21. The number of nitrogens with zero attached hydrogens (tertiary/aromatic N) is 2. The van der Waals surface area contributed by atoms with Crippen LogP contribution in [0, 0.1) is 5.82 Å². The fourth-order valence-corrected chi connectivity index (χ4v) is 3.68. The van der Waals surface area contributed by atoms with Crippen molar-refractivity contribution in [3.8, 4) is 5.75 Å². The standard InChI is InChI=1S/C23H27FN2O4/c1-16-13-26(17(2)12-25(16)14-18-8-10-19(24)11-9-18)22(27)15-30-21-7-5-4-6-20(21)23(28)29-3/h4-11,16-17H,12-15H2,1-3H3/t16-,17+/m1/s1. The van der Waals surface area contributed by atoms with E-state index in [-0.39, 0.29) is 30.4 Å². The molecule has 0 aromatic heterocycles. The quantitative estimate of drug-likeness (QED) is 0.680. The number of halogens is 1. The number of rotatable bonds is 6. The first kappa shape index (κ1) is 21.8. The van der Waals surface area contributed by atoms with Crippen molar-refractivity contribution in [1.82, 2.24) is 9.80 Å². The SMILES string of the molecule is COC(=O)c1ccccc1OCC(=O)N1C[C@@H](C)N(Cc2ccc(F)cc2)C[C@@H]1C. The van der Waals surface area contributed by atoms with Gasteiger partial charge in [-0.3, -0.25) is 9.69 Å². The Kier molecular flexibility index (Phi) is 7.05. The lowest BCUT2D eigenvalue weighted by Crippen LogP contribution is -2.58. The predicted octanol–water partition coefficient (Wildman–Crippen LogP) is 3.11. The molecule has 1 saturated heterocycles. The summed E-state index contributed by atoms with van der Waals surface area (Å²) in [6.07, 6.45) is 0. The number of piperazine rings is 1. The zero-order valence-electron chi connectivity index (χ0n) is 17.5. The van der Waals surface area contributed by atoms with Crippen LogP contribution in [0.5, 0.6) is 5.75 Å². The number of carbonyl (C=O) groups excluding carboxylic acids is 2. The molecule has 1 aliphatic heterocycles. The van der Waals surface area contributed by atoms with Crippen LogP contribution >= 0.6 is 0 Å². The van der Waals surface area contributed by atoms with Crippen LogP contribution in [-0.4, -0.2) is 60.6 Å². The topological polar surface area (TPSA) is 59.1 Å². The smallest absolute Gasteiger partial charge is 0.341 e. The number of para-hydroxylation sites is 1. The van der Waals surface area contributed by atoms with Gasteiger partial charge in [0.15, 0.2) is 6.61 Å². The largest absolute Gasteiger partial charge is 0.483 e. The summed E-state index contributed by atoms with van der Waals surface area (Å²) in [5.41, 5.74) is 1.33. The van der Waals surface area contributed by atoms with Crippen LogP contribution in [-0.2, 0) is 16.1 Å². The third-order valence-electron chi connectivity index (χ3n) is 5.38. The first-order chi connectivity index (χ1) is 14.4. The average molecular weight is 414 g/mol. The zero-order valence-corrected chi connectivity index (χ0v) is 17.5. The lowest BCUT2D eigenvalue weighted by atomic mass is 10.1. The minimum Gasteiger partial charge on any atom is -0.483 e. The van der Waals surface area contributed by atoms with Crippen molar-refractivity contribution in [3.63, 3.8) is 0 Å². The molecule has 0 aliphatic carbocycles. The van der Waals surface area contributed by atoms with Gasteiger partial charge in [-0.05, 0) is 43.7 Å². The molecule has 160 valence electrons. The number of methoxy groups -OCH3 is 1. The molecule has 0 unspecified atom stereocenters. The van der Waals surface area contributed by atoms with E-state index in [1.165, 1.54) is 19.2 Å². The molecule has 0 N–H and O–H groups in total. The highest BCUT2D eigenvalue weighted by atomic mass is 19.1. The van der Waals surface area contributed by atoms with Crippen molar-refractivity contribution in [3.05, 3.63) is 65.5 Å². The van der Waals surface area contributed by atoms with E-state index >= 15 is 0 Å². The summed E-state index contributed by atoms with van der Waals surface area (Å²) in [5.74, 6) is -0.553. The Hall–Kier alpha value is -2.93. The number of benzene rings is 2. The molecule has 3 rings (SSSR count). The Morgan fingerprint density at radius 3 is 2.43 bits per heavy atom. The van der Waals surface area contributed by atoms with Crippen molar-refractivity contribution in [2.24, 2.45) is 0 Å². The number of hydrogen-bond acceptors (Lipinski definition) is 5. The van der Waals surface area contributed by atoms with E-state index in [1.54, 1.807) is 36.4 Å². The van der Waals surface area contributed by atoms with E-state index in [0.29, 0.717) is 30.9 Å². The molecule has 2 atom stereocenters. The van der Waals surface area contributed by atoms with Crippen LogP contribution < -0.4 is 4.74 Å². The van der Waals surface area contributed by atoms with Crippen LogP contribution in [0.3, 0.4) is 0 Å². The summed E-state index contributed by atoms with van der Waals surface area (Å²) >= 11 is 0. The molecular formula is C23H27FN2O4. The van der Waals surface area contributed by atoms with Crippen LogP contribution in [0.25, 0.3) is 0 Å². The summed E-state index contributed by atoms with van der Waals surface area (Å²) in [6, 6.07) is 13.4. The lowest BCUT2D eigenvalue weighted by Gasteiger charge is -2.44. The molecule has 1 fully saturated rings. The maximum absolute atomic E-state index is 13.1. The molecule has 0 bridgehead atoms. The van der Waals surface area contributed by atoms with Crippen molar-refractivity contribution in [2.45, 2.75) is 32.5 Å². The average Bonchev–Trinajstić information content (AvgIpc) is 2.75. The molecule has 7 heteroatoms. The molecule has 0 saturated carbocycles. The third-order valence-corrected chi connectivity index (χ3v) is 5.38. The second-order valence-electron chi connectivity index (χ2n) is 7.58. The summed E-state index contributed by atoms with van der Waals surface area (Å²) in [6.45, 7) is 5.92. The van der Waals surface area contributed by atoms with Crippen molar-refractivity contribution in [2.75, 3.05) is 26.8 Å². The van der Waals surface area contributed by atoms with Crippen LogP contribution in [0.4, 0.5) is 4.39 Å². The maximum Gasteiger partial charge on any atom is 0.341 e. The first-order valence-corrected chi connectivity index (χ1v) is 9.97. The molecule has 2 aromatic carbocycles. The van der Waals surface area contributed by atoms with Gasteiger partial charge in [0.05, 0.1) is 7.11 Å². The Balaban J connectivity index is 1.59.